The molecule has 4 unspecified atom stereocenters. The number of hydrogen-bond acceptors (Lipinski definition) is 7. The van der Waals surface area contributed by atoms with Gasteiger partial charge in [0.1, 0.15) is 17.7 Å². The number of benzene rings is 2. The van der Waals surface area contributed by atoms with Crippen LogP contribution in [-0.2, 0) is 9.53 Å². The highest BCUT2D eigenvalue weighted by atomic mass is 32.2. The molecule has 2 aromatic heterocycles. The Bertz CT molecular complexity index is 1620. The highest BCUT2D eigenvalue weighted by molar-refractivity contribution is 7.99. The van der Waals surface area contributed by atoms with Gasteiger partial charge in [0.05, 0.1) is 43.0 Å². The van der Waals surface area contributed by atoms with Gasteiger partial charge in [0.25, 0.3) is 0 Å². The number of carbonyl (C=O) groups excluding carboxylic acids is 2. The van der Waals surface area contributed by atoms with Crippen LogP contribution in [0.4, 0.5) is 4.79 Å². The average Bonchev–Trinajstić information content (AvgIpc) is 3.89. The third-order valence-electron chi connectivity index (χ3n) is 8.91. The van der Waals surface area contributed by atoms with Gasteiger partial charge >= 0.3 is 6.09 Å². The van der Waals surface area contributed by atoms with E-state index in [1.54, 1.807) is 0 Å². The molecule has 2 amide bonds. The molecule has 0 radical (unpaired) electrons. The molecule has 0 aliphatic carbocycles. The van der Waals surface area contributed by atoms with Crippen molar-refractivity contribution >= 4 is 23.8 Å². The molecular formula is C34H41N7O3S. The minimum absolute atomic E-state index is 0.0784. The molecule has 236 valence electrons. The van der Waals surface area contributed by atoms with Gasteiger partial charge in [-0.3, -0.25) is 4.79 Å². The average molecular weight is 628 g/mol. The van der Waals surface area contributed by atoms with E-state index < -0.39 is 12.1 Å². The van der Waals surface area contributed by atoms with Crippen LogP contribution >= 0.6 is 11.8 Å². The van der Waals surface area contributed by atoms with Gasteiger partial charge in [0, 0.05) is 18.3 Å². The van der Waals surface area contributed by atoms with Crippen molar-refractivity contribution < 1.29 is 14.3 Å². The predicted molar refractivity (Wildman–Crippen MR) is 178 cm³/mol. The fourth-order valence-corrected chi connectivity index (χ4v) is 6.93. The van der Waals surface area contributed by atoms with Crippen LogP contribution in [0.5, 0.6) is 0 Å². The number of amides is 2. The van der Waals surface area contributed by atoms with Crippen molar-refractivity contribution in [2.24, 2.45) is 5.92 Å². The fourth-order valence-electron chi connectivity index (χ4n) is 6.28. The van der Waals surface area contributed by atoms with Crippen LogP contribution < -0.4 is 10.6 Å². The van der Waals surface area contributed by atoms with E-state index in [1.165, 1.54) is 7.11 Å². The van der Waals surface area contributed by atoms with E-state index in [0.717, 1.165) is 71.1 Å². The van der Waals surface area contributed by atoms with E-state index in [4.69, 9.17) is 4.74 Å². The van der Waals surface area contributed by atoms with Crippen molar-refractivity contribution in [3.05, 3.63) is 72.6 Å². The molecule has 2 saturated heterocycles. The third-order valence-corrected chi connectivity index (χ3v) is 9.94. The Morgan fingerprint density at radius 2 is 1.51 bits per heavy atom. The third kappa shape index (κ3) is 6.64. The number of nitrogens with zero attached hydrogens (tertiary/aromatic N) is 3. The van der Waals surface area contributed by atoms with Crippen molar-refractivity contribution in [3.63, 3.8) is 0 Å². The summed E-state index contributed by atoms with van der Waals surface area (Å²) < 4.78 is 4.74. The van der Waals surface area contributed by atoms with Crippen LogP contribution in [0.3, 0.4) is 0 Å². The van der Waals surface area contributed by atoms with Gasteiger partial charge in [-0.25, -0.2) is 14.8 Å². The Labute approximate surface area is 268 Å². The highest BCUT2D eigenvalue weighted by Gasteiger charge is 2.37. The van der Waals surface area contributed by atoms with Gasteiger partial charge in [-0.1, -0.05) is 62.4 Å². The lowest BCUT2D eigenvalue weighted by atomic mass is 10.0. The topological polar surface area (TPSA) is 128 Å². The second-order valence-electron chi connectivity index (χ2n) is 12.1. The number of nitrogens with one attached hydrogen (secondary N) is 4. The number of hydrogen-bond donors (Lipinski definition) is 4. The van der Waals surface area contributed by atoms with Crippen LogP contribution in [0.1, 0.15) is 56.8 Å². The van der Waals surface area contributed by atoms with Crippen molar-refractivity contribution in [1.82, 2.24) is 35.5 Å². The summed E-state index contributed by atoms with van der Waals surface area (Å²) in [5.74, 6) is 1.57. The molecule has 6 rings (SSSR count). The summed E-state index contributed by atoms with van der Waals surface area (Å²) in [4.78, 5) is 43.5. The molecule has 0 bridgehead atoms. The van der Waals surface area contributed by atoms with E-state index >= 15 is 0 Å². The molecule has 4 heterocycles. The molecule has 10 nitrogen and oxygen atoms in total. The van der Waals surface area contributed by atoms with Crippen LogP contribution in [0, 0.1) is 5.92 Å². The van der Waals surface area contributed by atoms with Gasteiger partial charge in [0.15, 0.2) is 0 Å². The molecule has 4 N–H and O–H groups in total. The lowest BCUT2D eigenvalue weighted by molar-refractivity contribution is -0.135. The molecule has 2 fully saturated rings. The maximum absolute atomic E-state index is 13.5. The van der Waals surface area contributed by atoms with E-state index in [1.807, 2.05) is 42.9 Å². The highest BCUT2D eigenvalue weighted by Crippen LogP contribution is 2.34. The first kappa shape index (κ1) is 30.9. The zero-order chi connectivity index (χ0) is 31.5. The monoisotopic (exact) mass is 627 g/mol. The summed E-state index contributed by atoms with van der Waals surface area (Å²) in [5, 5.41) is 6.91. The first-order chi connectivity index (χ1) is 21.8. The molecular weight excluding hydrogens is 586 g/mol. The van der Waals surface area contributed by atoms with Crippen molar-refractivity contribution in [1.29, 1.82) is 0 Å². The van der Waals surface area contributed by atoms with Gasteiger partial charge in [-0.05, 0) is 53.7 Å². The number of aromatic amines is 2. The van der Waals surface area contributed by atoms with Crippen LogP contribution in [0.15, 0.2) is 60.9 Å². The van der Waals surface area contributed by atoms with Crippen molar-refractivity contribution in [2.45, 2.75) is 56.5 Å². The quantitative estimate of drug-likeness (QED) is 0.181. The van der Waals surface area contributed by atoms with Gasteiger partial charge in [0.2, 0.25) is 5.91 Å². The maximum Gasteiger partial charge on any atom is 0.407 e. The van der Waals surface area contributed by atoms with E-state index in [-0.39, 0.29) is 23.9 Å². The summed E-state index contributed by atoms with van der Waals surface area (Å²) in [6.45, 7) is 5.47. The summed E-state index contributed by atoms with van der Waals surface area (Å²) in [7, 11) is 1.30. The Hall–Kier alpha value is -4.09. The van der Waals surface area contributed by atoms with E-state index in [2.05, 4.69) is 85.4 Å². The predicted octanol–water partition coefficient (Wildman–Crippen LogP) is 5.94. The summed E-state index contributed by atoms with van der Waals surface area (Å²) in [6, 6.07) is 16.4. The number of H-pyrrole nitrogens is 2. The first-order valence-corrected chi connectivity index (χ1v) is 16.9. The summed E-state index contributed by atoms with van der Waals surface area (Å²) in [5.41, 5.74) is 6.31. The van der Waals surface area contributed by atoms with Gasteiger partial charge < -0.3 is 30.2 Å². The number of alkyl carbamates (subject to hydrolysis) is 1. The Kier molecular flexibility index (Phi) is 9.27. The number of rotatable bonds is 9. The van der Waals surface area contributed by atoms with Crippen molar-refractivity contribution in [2.75, 3.05) is 26.5 Å². The Balaban J connectivity index is 1.11. The van der Waals surface area contributed by atoms with Crippen LogP contribution in [0.25, 0.3) is 33.6 Å². The number of likely N-dealkylation sites (tertiary alicyclic amines) is 1. The zero-order valence-corrected chi connectivity index (χ0v) is 27.0. The number of methoxy groups -OCH3 is 1. The minimum Gasteiger partial charge on any atom is -0.453 e. The number of aromatic nitrogens is 4. The number of imidazole rings is 2. The van der Waals surface area contributed by atoms with Crippen molar-refractivity contribution in [3.8, 4) is 33.6 Å². The van der Waals surface area contributed by atoms with Gasteiger partial charge in [-0.2, -0.15) is 11.8 Å². The molecule has 45 heavy (non-hydrogen) atoms. The fraction of sp³-hybridized carbons (Fsp3) is 0.412. The Morgan fingerprint density at radius 1 is 0.933 bits per heavy atom. The largest absolute Gasteiger partial charge is 0.453 e. The van der Waals surface area contributed by atoms with Gasteiger partial charge in [-0.15, -0.1) is 0 Å². The summed E-state index contributed by atoms with van der Waals surface area (Å²) in [6.07, 6.45) is 8.09. The molecule has 11 heteroatoms. The standard InChI is InChI=1S/C34H41N7O3S/c1-20(2)30(40-34(43)44-3)33(42)41-15-5-6-29(41)32-37-19-28(39-32)24-13-9-22(10-14-24)21-7-11-23(12-8-21)27-18-36-31(38-27)26-16-25(45-4)17-35-26/h7-14,18-20,25-26,29-30,35H,5-6,15-17H2,1-4H3,(H,36,38)(H,37,39)(H,40,43). The zero-order valence-electron chi connectivity index (χ0n) is 26.2. The second-order valence-corrected chi connectivity index (χ2v) is 13.3. The smallest absolute Gasteiger partial charge is 0.407 e. The van der Waals surface area contributed by atoms with Crippen LogP contribution in [-0.4, -0.2) is 74.6 Å². The molecule has 2 aromatic carbocycles. The minimum atomic E-state index is -0.659. The number of carbonyl (C=O) groups is 2. The Morgan fingerprint density at radius 3 is 2.07 bits per heavy atom. The van der Waals surface area contributed by atoms with E-state index in [0.29, 0.717) is 11.8 Å². The molecule has 0 spiro atoms. The molecule has 0 saturated carbocycles. The maximum atomic E-state index is 13.5. The first-order valence-electron chi connectivity index (χ1n) is 15.6. The lowest BCUT2D eigenvalue weighted by Crippen LogP contribution is -2.51. The lowest BCUT2D eigenvalue weighted by Gasteiger charge is -2.30. The second kappa shape index (κ2) is 13.5. The SMILES string of the molecule is COC(=O)NC(C(=O)N1CCCC1c1ncc(-c2ccc(-c3ccc(-c4cnc(C5CC(SC)CN5)[nH]4)cc3)cc2)[nH]1)C(C)C. The number of thioether (sulfide) groups is 1. The number of ether oxygens (including phenoxy) is 1. The molecule has 4 atom stereocenters. The van der Waals surface area contributed by atoms with Crippen LogP contribution in [0.2, 0.25) is 0 Å². The molecule has 2 aliphatic heterocycles. The normalized spacial score (nSPS) is 20.5. The van der Waals surface area contributed by atoms with E-state index in [9.17, 15) is 9.59 Å². The molecule has 2 aliphatic rings. The summed E-state index contributed by atoms with van der Waals surface area (Å²) >= 11 is 1.91. The molecule has 4 aromatic rings.